The molecule has 0 saturated carbocycles. The molecule has 1 aromatic heterocycles. The lowest BCUT2D eigenvalue weighted by Crippen LogP contribution is -2.23. The Morgan fingerprint density at radius 3 is 3.08 bits per heavy atom. The highest BCUT2D eigenvalue weighted by molar-refractivity contribution is 5.16. The van der Waals surface area contributed by atoms with E-state index in [4.69, 9.17) is 5.73 Å². The highest BCUT2D eigenvalue weighted by atomic mass is 15.1. The van der Waals surface area contributed by atoms with Gasteiger partial charge in [0.15, 0.2) is 0 Å². The van der Waals surface area contributed by atoms with Crippen LogP contribution in [0.3, 0.4) is 0 Å². The standard InChI is InChI=1S/C10H17N3/c1-8(11)6-13-7-12-9-4-2-3-5-10(9)13/h7-8H,2-6,11H2,1H3. The summed E-state index contributed by atoms with van der Waals surface area (Å²) in [4.78, 5) is 4.42. The van der Waals surface area contributed by atoms with Crippen LogP contribution in [0.4, 0.5) is 0 Å². The number of hydrogen-bond donors (Lipinski definition) is 1. The third kappa shape index (κ3) is 1.75. The fourth-order valence-electron chi connectivity index (χ4n) is 2.00. The van der Waals surface area contributed by atoms with E-state index in [0.717, 1.165) is 13.0 Å². The molecule has 0 aromatic carbocycles. The molecule has 3 nitrogen and oxygen atoms in total. The summed E-state index contributed by atoms with van der Waals surface area (Å²) < 4.78 is 2.22. The van der Waals surface area contributed by atoms with Crippen molar-refractivity contribution >= 4 is 0 Å². The van der Waals surface area contributed by atoms with Crippen LogP contribution in [0.25, 0.3) is 0 Å². The van der Waals surface area contributed by atoms with E-state index in [1.54, 1.807) is 0 Å². The molecular weight excluding hydrogens is 162 g/mol. The summed E-state index contributed by atoms with van der Waals surface area (Å²) in [5.41, 5.74) is 8.49. The Morgan fingerprint density at radius 2 is 2.31 bits per heavy atom. The quantitative estimate of drug-likeness (QED) is 0.739. The molecule has 1 unspecified atom stereocenters. The van der Waals surface area contributed by atoms with E-state index in [1.807, 2.05) is 13.3 Å². The van der Waals surface area contributed by atoms with Crippen molar-refractivity contribution in [3.8, 4) is 0 Å². The summed E-state index contributed by atoms with van der Waals surface area (Å²) in [5, 5.41) is 0. The van der Waals surface area contributed by atoms with E-state index >= 15 is 0 Å². The molecule has 0 radical (unpaired) electrons. The normalized spacial score (nSPS) is 18.3. The van der Waals surface area contributed by atoms with Gasteiger partial charge in [0.05, 0.1) is 12.0 Å². The van der Waals surface area contributed by atoms with Gasteiger partial charge in [0.1, 0.15) is 0 Å². The maximum absolute atomic E-state index is 5.77. The largest absolute Gasteiger partial charge is 0.333 e. The predicted molar refractivity (Wildman–Crippen MR) is 52.5 cm³/mol. The molecule has 13 heavy (non-hydrogen) atoms. The second-order valence-corrected chi connectivity index (χ2v) is 3.97. The minimum absolute atomic E-state index is 0.222. The van der Waals surface area contributed by atoms with Gasteiger partial charge in [-0.05, 0) is 32.6 Å². The first-order chi connectivity index (χ1) is 6.27. The second kappa shape index (κ2) is 3.50. The van der Waals surface area contributed by atoms with Crippen molar-refractivity contribution in [1.82, 2.24) is 9.55 Å². The van der Waals surface area contributed by atoms with Crippen molar-refractivity contribution in [2.75, 3.05) is 0 Å². The molecular formula is C10H17N3. The van der Waals surface area contributed by atoms with Crippen LogP contribution in [0.15, 0.2) is 6.33 Å². The average Bonchev–Trinajstić information content (AvgIpc) is 2.48. The van der Waals surface area contributed by atoms with Gasteiger partial charge in [-0.1, -0.05) is 0 Å². The fraction of sp³-hybridized carbons (Fsp3) is 0.700. The van der Waals surface area contributed by atoms with Crippen LogP contribution in [-0.2, 0) is 19.4 Å². The SMILES string of the molecule is CC(N)Cn1cnc2c1CCCC2. The Labute approximate surface area is 79.0 Å². The molecule has 2 N–H and O–H groups in total. The number of aromatic nitrogens is 2. The zero-order chi connectivity index (χ0) is 9.26. The van der Waals surface area contributed by atoms with Crippen molar-refractivity contribution in [3.63, 3.8) is 0 Å². The van der Waals surface area contributed by atoms with E-state index in [-0.39, 0.29) is 6.04 Å². The Bertz CT molecular complexity index is 288. The van der Waals surface area contributed by atoms with Gasteiger partial charge >= 0.3 is 0 Å². The Morgan fingerprint density at radius 1 is 1.54 bits per heavy atom. The number of imidazole rings is 1. The average molecular weight is 179 g/mol. The summed E-state index contributed by atoms with van der Waals surface area (Å²) in [6.07, 6.45) is 6.88. The first-order valence-corrected chi connectivity index (χ1v) is 5.06. The van der Waals surface area contributed by atoms with E-state index in [2.05, 4.69) is 9.55 Å². The molecule has 3 heteroatoms. The van der Waals surface area contributed by atoms with Gasteiger partial charge in [-0.2, -0.15) is 0 Å². The lowest BCUT2D eigenvalue weighted by molar-refractivity contribution is 0.550. The first-order valence-electron chi connectivity index (χ1n) is 5.06. The van der Waals surface area contributed by atoms with E-state index in [9.17, 15) is 0 Å². The smallest absolute Gasteiger partial charge is 0.0952 e. The van der Waals surface area contributed by atoms with Crippen LogP contribution in [0.1, 0.15) is 31.2 Å². The lowest BCUT2D eigenvalue weighted by atomic mass is 10.0. The summed E-state index contributed by atoms with van der Waals surface area (Å²) in [5.74, 6) is 0. The maximum atomic E-state index is 5.77. The van der Waals surface area contributed by atoms with Crippen LogP contribution in [0.2, 0.25) is 0 Å². The van der Waals surface area contributed by atoms with Crippen molar-refractivity contribution < 1.29 is 0 Å². The number of rotatable bonds is 2. The summed E-state index contributed by atoms with van der Waals surface area (Å²) >= 11 is 0. The second-order valence-electron chi connectivity index (χ2n) is 3.97. The van der Waals surface area contributed by atoms with Crippen molar-refractivity contribution in [3.05, 3.63) is 17.7 Å². The Balaban J connectivity index is 2.21. The molecule has 0 amide bonds. The van der Waals surface area contributed by atoms with Gasteiger partial charge in [-0.15, -0.1) is 0 Å². The third-order valence-corrected chi connectivity index (χ3v) is 2.59. The van der Waals surface area contributed by atoms with Gasteiger partial charge in [-0.25, -0.2) is 4.98 Å². The highest BCUT2D eigenvalue weighted by Gasteiger charge is 2.15. The van der Waals surface area contributed by atoms with E-state index in [0.29, 0.717) is 0 Å². The Hall–Kier alpha value is -0.830. The highest BCUT2D eigenvalue weighted by Crippen LogP contribution is 2.19. The zero-order valence-electron chi connectivity index (χ0n) is 8.16. The van der Waals surface area contributed by atoms with Crippen molar-refractivity contribution in [2.45, 2.75) is 45.2 Å². The molecule has 0 fully saturated rings. The summed E-state index contributed by atoms with van der Waals surface area (Å²) in [6, 6.07) is 0.222. The molecule has 2 rings (SSSR count). The van der Waals surface area contributed by atoms with E-state index in [1.165, 1.54) is 30.7 Å². The van der Waals surface area contributed by atoms with Gasteiger partial charge in [-0.3, -0.25) is 0 Å². The number of aryl methyl sites for hydroxylation is 1. The van der Waals surface area contributed by atoms with Crippen molar-refractivity contribution in [2.24, 2.45) is 5.73 Å². The van der Waals surface area contributed by atoms with Gasteiger partial charge in [0, 0.05) is 18.3 Å². The van der Waals surface area contributed by atoms with Gasteiger partial charge < -0.3 is 10.3 Å². The summed E-state index contributed by atoms with van der Waals surface area (Å²) in [7, 11) is 0. The molecule has 0 aliphatic heterocycles. The number of nitrogens with two attached hydrogens (primary N) is 1. The first kappa shape index (κ1) is 8.75. The topological polar surface area (TPSA) is 43.8 Å². The number of hydrogen-bond acceptors (Lipinski definition) is 2. The predicted octanol–water partition coefficient (Wildman–Crippen LogP) is 1.11. The zero-order valence-corrected chi connectivity index (χ0v) is 8.16. The minimum Gasteiger partial charge on any atom is -0.333 e. The van der Waals surface area contributed by atoms with E-state index < -0.39 is 0 Å². The molecule has 0 saturated heterocycles. The molecule has 1 heterocycles. The molecule has 0 spiro atoms. The Kier molecular flexibility index (Phi) is 2.36. The molecule has 0 bridgehead atoms. The molecule has 1 atom stereocenters. The maximum Gasteiger partial charge on any atom is 0.0952 e. The number of nitrogens with zero attached hydrogens (tertiary/aromatic N) is 2. The third-order valence-electron chi connectivity index (χ3n) is 2.59. The summed E-state index contributed by atoms with van der Waals surface area (Å²) in [6.45, 7) is 2.94. The number of fused-ring (bicyclic) bond motifs is 1. The lowest BCUT2D eigenvalue weighted by Gasteiger charge is -2.15. The fourth-order valence-corrected chi connectivity index (χ4v) is 2.00. The molecule has 1 aliphatic rings. The van der Waals surface area contributed by atoms with Gasteiger partial charge in [0.2, 0.25) is 0 Å². The van der Waals surface area contributed by atoms with Gasteiger partial charge in [0.25, 0.3) is 0 Å². The van der Waals surface area contributed by atoms with Crippen LogP contribution in [-0.4, -0.2) is 15.6 Å². The van der Waals surface area contributed by atoms with Crippen LogP contribution >= 0.6 is 0 Å². The molecule has 72 valence electrons. The van der Waals surface area contributed by atoms with Crippen LogP contribution < -0.4 is 5.73 Å². The molecule has 1 aromatic rings. The molecule has 1 aliphatic carbocycles. The van der Waals surface area contributed by atoms with Crippen molar-refractivity contribution in [1.29, 1.82) is 0 Å². The monoisotopic (exact) mass is 179 g/mol. The van der Waals surface area contributed by atoms with Crippen LogP contribution in [0.5, 0.6) is 0 Å². The van der Waals surface area contributed by atoms with Crippen LogP contribution in [0, 0.1) is 0 Å². The minimum atomic E-state index is 0.222.